The summed E-state index contributed by atoms with van der Waals surface area (Å²) in [6.07, 6.45) is 0. The quantitative estimate of drug-likeness (QED) is 0.297. The molecular formula is C13H24IN5OS. The van der Waals surface area contributed by atoms with Crippen LogP contribution in [0.1, 0.15) is 36.1 Å². The van der Waals surface area contributed by atoms with Crippen LogP contribution in [0.15, 0.2) is 10.5 Å². The van der Waals surface area contributed by atoms with Gasteiger partial charge in [-0.05, 0) is 27.7 Å². The number of hydrogen-bond donors (Lipinski definition) is 3. The van der Waals surface area contributed by atoms with E-state index in [4.69, 9.17) is 0 Å². The molecule has 0 aliphatic rings. The molecule has 1 heterocycles. The maximum Gasteiger partial charge on any atom is 0.263 e. The zero-order chi connectivity index (χ0) is 15.2. The number of thiazole rings is 1. The largest absolute Gasteiger partial charge is 0.355 e. The lowest BCUT2D eigenvalue weighted by Crippen LogP contribution is -2.49. The maximum atomic E-state index is 11.9. The van der Waals surface area contributed by atoms with Gasteiger partial charge in [-0.1, -0.05) is 0 Å². The summed E-state index contributed by atoms with van der Waals surface area (Å²) in [5.41, 5.74) is 2.40. The first-order valence-electron chi connectivity index (χ1n) is 6.50. The van der Waals surface area contributed by atoms with E-state index < -0.39 is 0 Å². The van der Waals surface area contributed by atoms with Crippen molar-refractivity contribution >= 4 is 47.2 Å². The Morgan fingerprint density at radius 3 is 2.43 bits per heavy atom. The fourth-order valence-corrected chi connectivity index (χ4v) is 2.21. The topological polar surface area (TPSA) is 78.4 Å². The maximum absolute atomic E-state index is 11.9. The smallest absolute Gasteiger partial charge is 0.263 e. The second kappa shape index (κ2) is 9.19. The Morgan fingerprint density at radius 1 is 1.33 bits per heavy atom. The lowest BCUT2D eigenvalue weighted by atomic mass is 10.1. The molecule has 21 heavy (non-hydrogen) atoms. The molecule has 0 saturated heterocycles. The molecule has 0 aliphatic heterocycles. The van der Waals surface area contributed by atoms with Crippen molar-refractivity contribution in [1.82, 2.24) is 20.9 Å². The Morgan fingerprint density at radius 2 is 1.95 bits per heavy atom. The summed E-state index contributed by atoms with van der Waals surface area (Å²) in [5, 5.41) is 9.26. The highest BCUT2D eigenvalue weighted by Crippen LogP contribution is 2.11. The van der Waals surface area contributed by atoms with E-state index >= 15 is 0 Å². The van der Waals surface area contributed by atoms with Crippen LogP contribution in [0.25, 0.3) is 0 Å². The van der Waals surface area contributed by atoms with E-state index in [1.54, 1.807) is 12.6 Å². The molecule has 0 aromatic carbocycles. The third-order valence-electron chi connectivity index (χ3n) is 2.37. The molecule has 0 bridgehead atoms. The minimum atomic E-state index is -0.0782. The van der Waals surface area contributed by atoms with Crippen LogP contribution in [0, 0.1) is 6.92 Å². The Hall–Kier alpha value is -0.900. The van der Waals surface area contributed by atoms with Gasteiger partial charge in [-0.3, -0.25) is 9.79 Å². The van der Waals surface area contributed by atoms with Gasteiger partial charge in [0.2, 0.25) is 0 Å². The molecule has 0 aliphatic carbocycles. The number of aryl methyl sites for hydroxylation is 1. The summed E-state index contributed by atoms with van der Waals surface area (Å²) in [5.74, 6) is 0.645. The average molecular weight is 425 g/mol. The molecule has 6 nitrogen and oxygen atoms in total. The van der Waals surface area contributed by atoms with Crippen molar-refractivity contribution in [2.24, 2.45) is 4.99 Å². The normalized spacial score (nSPS) is 11.6. The van der Waals surface area contributed by atoms with Crippen molar-refractivity contribution in [3.63, 3.8) is 0 Å². The second-order valence-corrected chi connectivity index (χ2v) is 6.25. The zero-order valence-electron chi connectivity index (χ0n) is 13.1. The molecule has 0 atom stereocenters. The number of nitrogens with zero attached hydrogens (tertiary/aromatic N) is 2. The fourth-order valence-electron chi connectivity index (χ4n) is 1.49. The van der Waals surface area contributed by atoms with Crippen molar-refractivity contribution in [3.05, 3.63) is 16.1 Å². The van der Waals surface area contributed by atoms with Gasteiger partial charge in [0.25, 0.3) is 5.91 Å². The molecule has 0 saturated carbocycles. The first kappa shape index (κ1) is 20.1. The van der Waals surface area contributed by atoms with Gasteiger partial charge in [-0.2, -0.15) is 0 Å². The minimum absolute atomic E-state index is 0. The first-order chi connectivity index (χ1) is 9.33. The number of hydrogen-bond acceptors (Lipinski definition) is 4. The van der Waals surface area contributed by atoms with Crippen LogP contribution in [-0.4, -0.2) is 42.5 Å². The van der Waals surface area contributed by atoms with Crippen molar-refractivity contribution in [2.75, 3.05) is 20.1 Å². The molecule has 0 unspecified atom stereocenters. The van der Waals surface area contributed by atoms with E-state index in [-0.39, 0.29) is 35.4 Å². The van der Waals surface area contributed by atoms with Gasteiger partial charge in [0.05, 0.1) is 11.2 Å². The van der Waals surface area contributed by atoms with Gasteiger partial charge in [0.15, 0.2) is 5.96 Å². The summed E-state index contributed by atoms with van der Waals surface area (Å²) in [6.45, 7) is 9.16. The molecular weight excluding hydrogens is 401 g/mol. The highest BCUT2D eigenvalue weighted by molar-refractivity contribution is 14.0. The molecule has 0 radical (unpaired) electrons. The Balaban J connectivity index is 0.00000400. The summed E-state index contributed by atoms with van der Waals surface area (Å²) in [4.78, 5) is 20.7. The lowest BCUT2D eigenvalue weighted by molar-refractivity contribution is 0.0957. The van der Waals surface area contributed by atoms with Gasteiger partial charge in [0, 0.05) is 25.7 Å². The van der Waals surface area contributed by atoms with Crippen LogP contribution in [0.4, 0.5) is 0 Å². The van der Waals surface area contributed by atoms with Crippen molar-refractivity contribution in [3.8, 4) is 0 Å². The number of aliphatic imine (C=N–C) groups is 1. The van der Waals surface area contributed by atoms with Crippen molar-refractivity contribution in [2.45, 2.75) is 33.2 Å². The molecule has 1 aromatic heterocycles. The van der Waals surface area contributed by atoms with Crippen LogP contribution in [0.5, 0.6) is 0 Å². The summed E-state index contributed by atoms with van der Waals surface area (Å²) < 4.78 is 0. The van der Waals surface area contributed by atoms with E-state index in [2.05, 4.69) is 46.7 Å². The van der Waals surface area contributed by atoms with E-state index in [1.165, 1.54) is 11.3 Å². The van der Waals surface area contributed by atoms with Gasteiger partial charge >= 0.3 is 0 Å². The Kier molecular flexibility index (Phi) is 8.79. The first-order valence-corrected chi connectivity index (χ1v) is 7.38. The Bertz CT molecular complexity index is 481. The highest BCUT2D eigenvalue weighted by atomic mass is 127. The van der Waals surface area contributed by atoms with Crippen molar-refractivity contribution < 1.29 is 4.79 Å². The van der Waals surface area contributed by atoms with Gasteiger partial charge < -0.3 is 16.0 Å². The van der Waals surface area contributed by atoms with Crippen LogP contribution in [-0.2, 0) is 0 Å². The van der Waals surface area contributed by atoms with Crippen LogP contribution >= 0.6 is 35.3 Å². The van der Waals surface area contributed by atoms with E-state index in [9.17, 15) is 4.79 Å². The number of carbonyl (C=O) groups excluding carboxylic acids is 1. The summed E-state index contributed by atoms with van der Waals surface area (Å²) in [6, 6.07) is 0. The number of rotatable bonds is 4. The molecule has 120 valence electrons. The highest BCUT2D eigenvalue weighted by Gasteiger charge is 2.12. The Labute approximate surface area is 147 Å². The van der Waals surface area contributed by atoms with E-state index in [0.717, 1.165) is 11.7 Å². The monoisotopic (exact) mass is 425 g/mol. The van der Waals surface area contributed by atoms with Crippen molar-refractivity contribution in [1.29, 1.82) is 0 Å². The van der Waals surface area contributed by atoms with E-state index in [1.807, 2.05) is 6.92 Å². The number of aromatic nitrogens is 1. The second-order valence-electron chi connectivity index (χ2n) is 5.40. The summed E-state index contributed by atoms with van der Waals surface area (Å²) >= 11 is 1.35. The van der Waals surface area contributed by atoms with Gasteiger partial charge in [-0.25, -0.2) is 4.98 Å². The number of carbonyl (C=O) groups is 1. The molecule has 3 N–H and O–H groups in total. The van der Waals surface area contributed by atoms with Gasteiger partial charge in [-0.15, -0.1) is 35.3 Å². The predicted molar refractivity (Wildman–Crippen MR) is 98.8 cm³/mol. The molecule has 0 spiro atoms. The van der Waals surface area contributed by atoms with E-state index in [0.29, 0.717) is 18.0 Å². The molecule has 8 heteroatoms. The molecule has 1 aromatic rings. The lowest BCUT2D eigenvalue weighted by Gasteiger charge is -2.23. The standard InChI is InChI=1S/C13H23N5OS.HI/c1-9-10(20-8-17-9)11(19)15-6-7-16-12(14-5)18-13(2,3)4;/h8H,6-7H2,1-5H3,(H,15,19)(H2,14,16,18);1H. The molecule has 0 fully saturated rings. The fraction of sp³-hybridized carbons (Fsp3) is 0.615. The molecule has 1 amide bonds. The third-order valence-corrected chi connectivity index (χ3v) is 3.30. The number of halogens is 1. The molecule has 1 rings (SSSR count). The third kappa shape index (κ3) is 7.60. The van der Waals surface area contributed by atoms with Gasteiger partial charge in [0.1, 0.15) is 4.88 Å². The number of amides is 1. The van der Waals surface area contributed by atoms with Crippen LogP contribution in [0.2, 0.25) is 0 Å². The summed E-state index contributed by atoms with van der Waals surface area (Å²) in [7, 11) is 1.72. The average Bonchev–Trinajstić information content (AvgIpc) is 2.77. The SMILES string of the molecule is CN=C(NCCNC(=O)c1scnc1C)NC(C)(C)C.I. The minimum Gasteiger partial charge on any atom is -0.355 e. The number of guanidine groups is 1. The predicted octanol–water partition coefficient (Wildman–Crippen LogP) is 1.76. The zero-order valence-corrected chi connectivity index (χ0v) is 16.3. The number of nitrogens with one attached hydrogen (secondary N) is 3. The van der Waals surface area contributed by atoms with Crippen LogP contribution in [0.3, 0.4) is 0 Å². The van der Waals surface area contributed by atoms with Crippen LogP contribution < -0.4 is 16.0 Å².